The zero-order chi connectivity index (χ0) is 17.8. The van der Waals surface area contributed by atoms with Crippen molar-refractivity contribution in [2.45, 2.75) is 0 Å². The Hall–Kier alpha value is -1.86. The lowest BCUT2D eigenvalue weighted by atomic mass is 10.1. The summed E-state index contributed by atoms with van der Waals surface area (Å²) in [4.78, 5) is 12.0. The van der Waals surface area contributed by atoms with Gasteiger partial charge in [0.2, 0.25) is 0 Å². The average molecular weight is 415 g/mol. The minimum atomic E-state index is -0.329. The number of carbonyl (C=O) groups is 1. The molecule has 0 atom stereocenters. The van der Waals surface area contributed by atoms with Crippen LogP contribution in [0.2, 0.25) is 15.1 Å². The molecule has 0 aliphatic carbocycles. The first kappa shape index (κ1) is 17.9. The third kappa shape index (κ3) is 4.61. The van der Waals surface area contributed by atoms with Crippen LogP contribution in [0.1, 0.15) is 0 Å². The van der Waals surface area contributed by atoms with Gasteiger partial charge in [-0.3, -0.25) is 4.79 Å². The van der Waals surface area contributed by atoms with Crippen molar-refractivity contribution in [2.75, 3.05) is 11.9 Å². The van der Waals surface area contributed by atoms with Crippen molar-refractivity contribution >= 4 is 57.9 Å². The first-order valence-electron chi connectivity index (χ1n) is 6.97. The Bertz CT molecular complexity index is 886. The minimum absolute atomic E-state index is 0.213. The van der Waals surface area contributed by atoms with Gasteiger partial charge in [0.05, 0.1) is 15.1 Å². The molecule has 0 aliphatic heterocycles. The van der Waals surface area contributed by atoms with Crippen LogP contribution in [-0.2, 0) is 4.79 Å². The van der Waals surface area contributed by atoms with Gasteiger partial charge >= 0.3 is 0 Å². The Morgan fingerprint density at radius 2 is 1.80 bits per heavy atom. The highest BCUT2D eigenvalue weighted by Crippen LogP contribution is 2.33. The van der Waals surface area contributed by atoms with Crippen LogP contribution in [0.5, 0.6) is 5.75 Å². The van der Waals surface area contributed by atoms with Gasteiger partial charge < -0.3 is 10.1 Å². The number of rotatable bonds is 5. The molecule has 5 nitrogen and oxygen atoms in total. The van der Waals surface area contributed by atoms with E-state index in [9.17, 15) is 4.79 Å². The molecule has 3 aromatic rings. The molecule has 0 saturated carbocycles. The van der Waals surface area contributed by atoms with E-state index in [1.807, 2.05) is 17.5 Å². The van der Waals surface area contributed by atoms with Crippen LogP contribution < -0.4 is 10.1 Å². The Balaban J connectivity index is 1.58. The maximum atomic E-state index is 12.0. The Morgan fingerprint density at radius 1 is 1.08 bits per heavy atom. The van der Waals surface area contributed by atoms with E-state index >= 15 is 0 Å². The number of amides is 1. The zero-order valence-corrected chi connectivity index (χ0v) is 15.6. The average Bonchev–Trinajstić information content (AvgIpc) is 3.12. The maximum Gasteiger partial charge on any atom is 0.262 e. The van der Waals surface area contributed by atoms with Crippen molar-refractivity contribution in [3.8, 4) is 17.0 Å². The largest absolute Gasteiger partial charge is 0.482 e. The van der Waals surface area contributed by atoms with Crippen LogP contribution in [0, 0.1) is 0 Å². The Morgan fingerprint density at radius 3 is 2.48 bits per heavy atom. The molecule has 1 heterocycles. The molecule has 0 bridgehead atoms. The summed E-state index contributed by atoms with van der Waals surface area (Å²) in [5.74, 6) is -0.0391. The standard InChI is InChI=1S/C16H10Cl3N3O2S/c17-11-5-13(19)15(6-12(11)18)24-7-16(23)20-10-3-1-9(2-4-10)14-8-25-22-21-14/h1-6,8H,7H2,(H,20,23). The molecule has 1 N–H and O–H groups in total. The number of anilines is 1. The molecule has 0 aliphatic rings. The molecule has 1 aromatic heterocycles. The van der Waals surface area contributed by atoms with E-state index in [1.54, 1.807) is 12.1 Å². The molecule has 0 unspecified atom stereocenters. The van der Waals surface area contributed by atoms with Gasteiger partial charge in [0.25, 0.3) is 5.91 Å². The summed E-state index contributed by atoms with van der Waals surface area (Å²) < 4.78 is 9.20. The lowest BCUT2D eigenvalue weighted by molar-refractivity contribution is -0.118. The number of hydrogen-bond donors (Lipinski definition) is 1. The molecule has 0 fully saturated rings. The zero-order valence-electron chi connectivity index (χ0n) is 12.5. The van der Waals surface area contributed by atoms with Gasteiger partial charge in [-0.05, 0) is 29.7 Å². The van der Waals surface area contributed by atoms with E-state index in [-0.39, 0.29) is 23.3 Å². The molecule has 0 spiro atoms. The van der Waals surface area contributed by atoms with Crippen LogP contribution in [0.4, 0.5) is 5.69 Å². The van der Waals surface area contributed by atoms with Crippen molar-refractivity contribution in [2.24, 2.45) is 0 Å². The van der Waals surface area contributed by atoms with Crippen LogP contribution >= 0.6 is 46.3 Å². The van der Waals surface area contributed by atoms with Crippen LogP contribution in [-0.4, -0.2) is 22.1 Å². The number of carbonyl (C=O) groups excluding carboxylic acids is 1. The van der Waals surface area contributed by atoms with Gasteiger partial charge in [-0.2, -0.15) is 0 Å². The van der Waals surface area contributed by atoms with Gasteiger partial charge in [-0.1, -0.05) is 51.4 Å². The molecule has 128 valence electrons. The summed E-state index contributed by atoms with van der Waals surface area (Å²) in [6.07, 6.45) is 0. The lowest BCUT2D eigenvalue weighted by Crippen LogP contribution is -2.20. The summed E-state index contributed by atoms with van der Waals surface area (Å²) in [5.41, 5.74) is 2.35. The molecular formula is C16H10Cl3N3O2S. The number of hydrogen-bond acceptors (Lipinski definition) is 5. The second-order valence-electron chi connectivity index (χ2n) is 4.90. The van der Waals surface area contributed by atoms with Crippen molar-refractivity contribution < 1.29 is 9.53 Å². The summed E-state index contributed by atoms with van der Waals surface area (Å²) in [5, 5.41) is 9.47. The highest BCUT2D eigenvalue weighted by molar-refractivity contribution is 7.03. The molecule has 25 heavy (non-hydrogen) atoms. The van der Waals surface area contributed by atoms with Crippen LogP contribution in [0.15, 0.2) is 41.8 Å². The fourth-order valence-corrected chi connectivity index (χ4v) is 3.03. The number of nitrogens with zero attached hydrogens (tertiary/aromatic N) is 2. The Kier molecular flexibility index (Phi) is 5.75. The highest BCUT2D eigenvalue weighted by Gasteiger charge is 2.10. The quantitative estimate of drug-likeness (QED) is 0.584. The fourth-order valence-electron chi connectivity index (χ4n) is 1.97. The van der Waals surface area contributed by atoms with Gasteiger partial charge in [0.1, 0.15) is 11.4 Å². The third-order valence-corrected chi connectivity index (χ3v) is 4.68. The normalized spacial score (nSPS) is 10.5. The molecular weight excluding hydrogens is 405 g/mol. The number of aromatic nitrogens is 2. The van der Waals surface area contributed by atoms with E-state index < -0.39 is 0 Å². The predicted molar refractivity (Wildman–Crippen MR) is 101 cm³/mol. The second kappa shape index (κ2) is 8.01. The molecule has 2 aromatic carbocycles. The first-order chi connectivity index (χ1) is 12.0. The van der Waals surface area contributed by atoms with Gasteiger partial charge in [0.15, 0.2) is 6.61 Å². The third-order valence-electron chi connectivity index (χ3n) is 3.16. The van der Waals surface area contributed by atoms with Crippen molar-refractivity contribution in [1.82, 2.24) is 9.59 Å². The molecule has 0 radical (unpaired) electrons. The van der Waals surface area contributed by atoms with E-state index in [0.29, 0.717) is 15.7 Å². The summed E-state index contributed by atoms with van der Waals surface area (Å²) in [6.45, 7) is -0.213. The van der Waals surface area contributed by atoms with E-state index in [2.05, 4.69) is 14.9 Å². The topological polar surface area (TPSA) is 64.1 Å². The van der Waals surface area contributed by atoms with E-state index in [0.717, 1.165) is 11.3 Å². The molecule has 9 heteroatoms. The monoisotopic (exact) mass is 413 g/mol. The van der Waals surface area contributed by atoms with Crippen LogP contribution in [0.3, 0.4) is 0 Å². The summed E-state index contributed by atoms with van der Waals surface area (Å²) >= 11 is 19.0. The van der Waals surface area contributed by atoms with Crippen molar-refractivity contribution in [3.63, 3.8) is 0 Å². The number of halogens is 3. The highest BCUT2D eigenvalue weighted by atomic mass is 35.5. The van der Waals surface area contributed by atoms with Gasteiger partial charge in [-0.25, -0.2) is 0 Å². The smallest absolute Gasteiger partial charge is 0.262 e. The van der Waals surface area contributed by atoms with Gasteiger partial charge in [0, 0.05) is 22.7 Å². The van der Waals surface area contributed by atoms with E-state index in [1.165, 1.54) is 23.7 Å². The SMILES string of the molecule is O=C(COc1cc(Cl)c(Cl)cc1Cl)Nc1ccc(-c2csnn2)cc1. The van der Waals surface area contributed by atoms with Crippen molar-refractivity contribution in [1.29, 1.82) is 0 Å². The predicted octanol–water partition coefficient (Wildman–Crippen LogP) is 5.18. The van der Waals surface area contributed by atoms with E-state index in [4.69, 9.17) is 39.5 Å². The number of nitrogens with one attached hydrogen (secondary N) is 1. The first-order valence-corrected chi connectivity index (χ1v) is 8.94. The molecule has 0 saturated heterocycles. The second-order valence-corrected chi connectivity index (χ2v) is 6.73. The molecule has 1 amide bonds. The summed E-state index contributed by atoms with van der Waals surface area (Å²) in [7, 11) is 0. The number of benzene rings is 2. The maximum absolute atomic E-state index is 12.0. The van der Waals surface area contributed by atoms with Gasteiger partial charge in [-0.15, -0.1) is 5.10 Å². The number of ether oxygens (including phenoxy) is 1. The molecule has 3 rings (SSSR count). The lowest BCUT2D eigenvalue weighted by Gasteiger charge is -2.10. The minimum Gasteiger partial charge on any atom is -0.482 e. The van der Waals surface area contributed by atoms with Crippen LogP contribution in [0.25, 0.3) is 11.3 Å². The Labute approximate surface area is 162 Å². The summed E-state index contributed by atoms with van der Waals surface area (Å²) in [6, 6.07) is 10.2. The fraction of sp³-hybridized carbons (Fsp3) is 0.0625. The van der Waals surface area contributed by atoms with Crippen molar-refractivity contribution in [3.05, 3.63) is 56.8 Å².